The molecule has 0 unspecified atom stereocenters. The van der Waals surface area contributed by atoms with Crippen LogP contribution < -0.4 is 5.32 Å². The number of amides is 3. The number of carbonyl (C=O) groups excluding carboxylic acids is 2. The number of hydrogen-bond acceptors (Lipinski definition) is 4. The first-order chi connectivity index (χ1) is 9.64. The van der Waals surface area contributed by atoms with E-state index in [1.165, 1.54) is 4.90 Å². The zero-order valence-electron chi connectivity index (χ0n) is 10.8. The standard InChI is InChI=1S/C14H13N3O2S/c15-7-10-2-1-3-11(6-10)8-17-12(18)14(16-13(17)19)4-5-20-9-14/h1-3,6H,4-5,8-9H2,(H,16,19)/t14-/m1/s1. The summed E-state index contributed by atoms with van der Waals surface area (Å²) >= 11 is 1.69. The van der Waals surface area contributed by atoms with Crippen molar-refractivity contribution >= 4 is 23.7 Å². The van der Waals surface area contributed by atoms with E-state index in [1.807, 2.05) is 6.07 Å². The number of rotatable bonds is 2. The number of nitrogens with zero attached hydrogens (tertiary/aromatic N) is 2. The van der Waals surface area contributed by atoms with Crippen molar-refractivity contribution in [1.29, 1.82) is 5.26 Å². The van der Waals surface area contributed by atoms with Crippen LogP contribution in [0.2, 0.25) is 0 Å². The fourth-order valence-corrected chi connectivity index (χ4v) is 3.90. The van der Waals surface area contributed by atoms with E-state index >= 15 is 0 Å². The predicted molar refractivity (Wildman–Crippen MR) is 74.9 cm³/mol. The van der Waals surface area contributed by atoms with Crippen molar-refractivity contribution < 1.29 is 9.59 Å². The van der Waals surface area contributed by atoms with Gasteiger partial charge < -0.3 is 5.32 Å². The molecular weight excluding hydrogens is 274 g/mol. The average Bonchev–Trinajstić information content (AvgIpc) is 3.01. The summed E-state index contributed by atoms with van der Waals surface area (Å²) in [5.41, 5.74) is 0.616. The lowest BCUT2D eigenvalue weighted by atomic mass is 9.99. The summed E-state index contributed by atoms with van der Waals surface area (Å²) in [5.74, 6) is 1.39. The molecule has 1 spiro atoms. The summed E-state index contributed by atoms with van der Waals surface area (Å²) in [6.07, 6.45) is 0.691. The maximum absolute atomic E-state index is 12.5. The molecule has 2 heterocycles. The molecule has 0 aliphatic carbocycles. The number of hydrogen-bond donors (Lipinski definition) is 1. The van der Waals surface area contributed by atoms with E-state index in [0.29, 0.717) is 17.7 Å². The molecule has 1 aromatic rings. The molecule has 0 saturated carbocycles. The Balaban J connectivity index is 1.82. The van der Waals surface area contributed by atoms with Crippen LogP contribution in [0.1, 0.15) is 17.5 Å². The van der Waals surface area contributed by atoms with Crippen LogP contribution in [0.25, 0.3) is 0 Å². The van der Waals surface area contributed by atoms with Gasteiger partial charge in [-0.15, -0.1) is 0 Å². The lowest BCUT2D eigenvalue weighted by Gasteiger charge is -2.19. The molecule has 3 rings (SSSR count). The van der Waals surface area contributed by atoms with Crippen molar-refractivity contribution in [1.82, 2.24) is 10.2 Å². The lowest BCUT2D eigenvalue weighted by molar-refractivity contribution is -0.130. The van der Waals surface area contributed by atoms with Gasteiger partial charge in [0.25, 0.3) is 5.91 Å². The van der Waals surface area contributed by atoms with Crippen molar-refractivity contribution in [2.45, 2.75) is 18.5 Å². The first-order valence-corrected chi connectivity index (χ1v) is 7.51. The fraction of sp³-hybridized carbons (Fsp3) is 0.357. The highest BCUT2D eigenvalue weighted by Gasteiger charge is 2.52. The Hall–Kier alpha value is -2.00. The van der Waals surface area contributed by atoms with Crippen LogP contribution >= 0.6 is 11.8 Å². The number of nitrogens with one attached hydrogen (secondary N) is 1. The fourth-order valence-electron chi connectivity index (χ4n) is 2.57. The van der Waals surface area contributed by atoms with Crippen LogP contribution in [0.3, 0.4) is 0 Å². The molecule has 1 atom stereocenters. The van der Waals surface area contributed by atoms with E-state index in [4.69, 9.17) is 5.26 Å². The van der Waals surface area contributed by atoms with Gasteiger partial charge >= 0.3 is 6.03 Å². The third-order valence-electron chi connectivity index (χ3n) is 3.66. The van der Waals surface area contributed by atoms with Gasteiger partial charge in [-0.25, -0.2) is 4.79 Å². The summed E-state index contributed by atoms with van der Waals surface area (Å²) < 4.78 is 0. The van der Waals surface area contributed by atoms with Crippen molar-refractivity contribution in [2.24, 2.45) is 0 Å². The normalized spacial score (nSPS) is 25.1. The first-order valence-electron chi connectivity index (χ1n) is 6.35. The Morgan fingerprint density at radius 1 is 1.45 bits per heavy atom. The van der Waals surface area contributed by atoms with E-state index < -0.39 is 5.54 Å². The molecule has 1 N–H and O–H groups in total. The zero-order valence-corrected chi connectivity index (χ0v) is 11.6. The second-order valence-corrected chi connectivity index (χ2v) is 6.12. The topological polar surface area (TPSA) is 73.2 Å². The summed E-state index contributed by atoms with van der Waals surface area (Å²) in [6.45, 7) is 0.215. The largest absolute Gasteiger partial charge is 0.325 e. The maximum atomic E-state index is 12.5. The van der Waals surface area contributed by atoms with Crippen molar-refractivity contribution in [3.05, 3.63) is 35.4 Å². The molecule has 5 nitrogen and oxygen atoms in total. The number of urea groups is 1. The van der Waals surface area contributed by atoms with Gasteiger partial charge in [0.1, 0.15) is 5.54 Å². The molecule has 2 aliphatic rings. The highest BCUT2D eigenvalue weighted by Crippen LogP contribution is 2.33. The highest BCUT2D eigenvalue weighted by atomic mass is 32.2. The third-order valence-corrected chi connectivity index (χ3v) is 4.85. The summed E-state index contributed by atoms with van der Waals surface area (Å²) in [5, 5.41) is 11.7. The molecule has 2 saturated heterocycles. The third kappa shape index (κ3) is 2.04. The van der Waals surface area contributed by atoms with Gasteiger partial charge in [0.2, 0.25) is 0 Å². The van der Waals surface area contributed by atoms with E-state index in [0.717, 1.165) is 11.3 Å². The summed E-state index contributed by atoms with van der Waals surface area (Å²) in [4.78, 5) is 25.7. The summed E-state index contributed by atoms with van der Waals surface area (Å²) in [6, 6.07) is 8.70. The molecule has 2 fully saturated rings. The van der Waals surface area contributed by atoms with Gasteiger partial charge in [0.15, 0.2) is 0 Å². The molecule has 0 aromatic heterocycles. The molecule has 1 aromatic carbocycles. The monoisotopic (exact) mass is 287 g/mol. The van der Waals surface area contributed by atoms with Crippen LogP contribution in [-0.4, -0.2) is 33.9 Å². The average molecular weight is 287 g/mol. The van der Waals surface area contributed by atoms with E-state index in [1.54, 1.807) is 30.0 Å². The molecular formula is C14H13N3O2S. The smallest absolute Gasteiger partial charge is 0.322 e. The van der Waals surface area contributed by atoms with E-state index in [2.05, 4.69) is 11.4 Å². The van der Waals surface area contributed by atoms with Crippen molar-refractivity contribution in [3.8, 4) is 6.07 Å². The Bertz CT molecular complexity index is 617. The van der Waals surface area contributed by atoms with Crippen LogP contribution in [0.15, 0.2) is 24.3 Å². The van der Waals surface area contributed by atoms with Crippen LogP contribution in [0.4, 0.5) is 4.79 Å². The second kappa shape index (κ2) is 4.84. The van der Waals surface area contributed by atoms with Crippen LogP contribution in [0, 0.1) is 11.3 Å². The lowest BCUT2D eigenvalue weighted by Crippen LogP contribution is -2.46. The SMILES string of the molecule is N#Cc1cccc(CN2C(=O)N[C@@]3(CCSC3)C2=O)c1. The minimum atomic E-state index is -0.700. The Morgan fingerprint density at radius 2 is 2.30 bits per heavy atom. The van der Waals surface area contributed by atoms with Gasteiger partial charge in [-0.05, 0) is 29.9 Å². The molecule has 0 radical (unpaired) electrons. The van der Waals surface area contributed by atoms with Gasteiger partial charge in [-0.3, -0.25) is 9.69 Å². The van der Waals surface area contributed by atoms with Crippen LogP contribution in [0.5, 0.6) is 0 Å². The van der Waals surface area contributed by atoms with Crippen LogP contribution in [-0.2, 0) is 11.3 Å². The van der Waals surface area contributed by atoms with E-state index in [-0.39, 0.29) is 18.5 Å². The van der Waals surface area contributed by atoms with Crippen molar-refractivity contribution in [2.75, 3.05) is 11.5 Å². The maximum Gasteiger partial charge on any atom is 0.325 e. The molecule has 0 bridgehead atoms. The Kier molecular flexibility index (Phi) is 3.14. The van der Waals surface area contributed by atoms with Gasteiger partial charge in [0, 0.05) is 5.75 Å². The predicted octanol–water partition coefficient (Wildman–Crippen LogP) is 1.49. The van der Waals surface area contributed by atoms with Gasteiger partial charge in [-0.1, -0.05) is 12.1 Å². The minimum absolute atomic E-state index is 0.144. The number of benzene rings is 1. The number of carbonyl (C=O) groups is 2. The quantitative estimate of drug-likeness (QED) is 0.836. The molecule has 2 aliphatic heterocycles. The Morgan fingerprint density at radius 3 is 3.00 bits per heavy atom. The van der Waals surface area contributed by atoms with Gasteiger partial charge in [0.05, 0.1) is 18.2 Å². The Labute approximate surface area is 120 Å². The van der Waals surface area contributed by atoms with Crippen molar-refractivity contribution in [3.63, 3.8) is 0 Å². The minimum Gasteiger partial charge on any atom is -0.322 e. The highest BCUT2D eigenvalue weighted by molar-refractivity contribution is 7.99. The first kappa shape index (κ1) is 13.0. The number of nitriles is 1. The number of imide groups is 1. The van der Waals surface area contributed by atoms with E-state index in [9.17, 15) is 9.59 Å². The molecule has 6 heteroatoms. The summed E-state index contributed by atoms with van der Waals surface area (Å²) in [7, 11) is 0. The number of thioether (sulfide) groups is 1. The molecule has 3 amide bonds. The molecule has 102 valence electrons. The molecule has 20 heavy (non-hydrogen) atoms. The van der Waals surface area contributed by atoms with Gasteiger partial charge in [-0.2, -0.15) is 17.0 Å². The second-order valence-electron chi connectivity index (χ2n) is 5.02. The zero-order chi connectivity index (χ0) is 14.2.